The molecule has 0 bridgehead atoms. The van der Waals surface area contributed by atoms with E-state index in [-0.39, 0.29) is 5.03 Å². The second kappa shape index (κ2) is 5.92. The molecule has 0 radical (unpaired) electrons. The summed E-state index contributed by atoms with van der Waals surface area (Å²) in [7, 11) is -3.35. The van der Waals surface area contributed by atoms with Crippen LogP contribution in [0.1, 0.15) is 12.8 Å². The molecule has 0 fully saturated rings. The van der Waals surface area contributed by atoms with Gasteiger partial charge in [0.2, 0.25) is 11.7 Å². The molecule has 8 heteroatoms. The van der Waals surface area contributed by atoms with Crippen molar-refractivity contribution < 1.29 is 12.9 Å². The van der Waals surface area contributed by atoms with E-state index >= 15 is 0 Å². The largest absolute Gasteiger partial charge is 0.339 e. The molecule has 2 aromatic heterocycles. The van der Waals surface area contributed by atoms with E-state index in [1.165, 1.54) is 12.3 Å². The van der Waals surface area contributed by atoms with Gasteiger partial charge in [-0.25, -0.2) is 13.4 Å². The van der Waals surface area contributed by atoms with Crippen LogP contribution in [0.25, 0.3) is 11.4 Å². The molecule has 0 N–H and O–H groups in total. The van der Waals surface area contributed by atoms with Crippen LogP contribution in [0, 0.1) is 0 Å². The fourth-order valence-electron chi connectivity index (χ4n) is 1.54. The van der Waals surface area contributed by atoms with Gasteiger partial charge >= 0.3 is 0 Å². The highest BCUT2D eigenvalue weighted by Gasteiger charge is 2.14. The van der Waals surface area contributed by atoms with E-state index in [9.17, 15) is 8.42 Å². The number of nitrogens with zero attached hydrogens (tertiary/aromatic N) is 3. The first-order valence-electron chi connectivity index (χ1n) is 5.92. The van der Waals surface area contributed by atoms with Gasteiger partial charge in [-0.1, -0.05) is 12.1 Å². The average Bonchev–Trinajstić information content (AvgIpc) is 2.86. The lowest BCUT2D eigenvalue weighted by Gasteiger charge is -2.01. The molecule has 2 heterocycles. The number of aromatic nitrogens is 3. The summed E-state index contributed by atoms with van der Waals surface area (Å²) in [5.41, 5.74) is 0.576. The normalized spacial score (nSPS) is 13.3. The number of pyridine rings is 1. The second-order valence-corrected chi connectivity index (χ2v) is 7.66. The zero-order valence-corrected chi connectivity index (χ0v) is 13.0. The van der Waals surface area contributed by atoms with Crippen molar-refractivity contribution in [2.75, 3.05) is 12.5 Å². The van der Waals surface area contributed by atoms with Gasteiger partial charge in [0.15, 0.2) is 14.9 Å². The summed E-state index contributed by atoms with van der Waals surface area (Å²) < 4.78 is 28.1. The Kier molecular flexibility index (Phi) is 4.44. The molecule has 0 aliphatic heterocycles. The number of hydrogen-bond acceptors (Lipinski definition) is 7. The van der Waals surface area contributed by atoms with Gasteiger partial charge in [0, 0.05) is 29.7 Å². The number of hydrogen-bond donors (Lipinski definition) is 0. The third-order valence-corrected chi connectivity index (χ3v) is 4.66. The summed E-state index contributed by atoms with van der Waals surface area (Å²) in [4.78, 5) is 8.11. The molecule has 2 rings (SSSR count). The van der Waals surface area contributed by atoms with Crippen LogP contribution < -0.4 is 0 Å². The highest BCUT2D eigenvalue weighted by Crippen LogP contribution is 2.19. The van der Waals surface area contributed by atoms with E-state index in [1.54, 1.807) is 17.8 Å². The van der Waals surface area contributed by atoms with Crippen LogP contribution >= 0.6 is 11.8 Å². The number of rotatable bonds is 5. The molecule has 20 heavy (non-hydrogen) atoms. The zero-order chi connectivity index (χ0) is 14.8. The lowest BCUT2D eigenvalue weighted by atomic mass is 10.2. The molecular weight excluding hydrogens is 298 g/mol. The van der Waals surface area contributed by atoms with Gasteiger partial charge in [0.25, 0.3) is 0 Å². The lowest BCUT2D eigenvalue weighted by molar-refractivity contribution is 0.379. The molecule has 1 unspecified atom stereocenters. The molecule has 0 aromatic carbocycles. The predicted octanol–water partition coefficient (Wildman–Crippen LogP) is 1.83. The van der Waals surface area contributed by atoms with Gasteiger partial charge in [-0.15, -0.1) is 0 Å². The topological polar surface area (TPSA) is 86.0 Å². The summed E-state index contributed by atoms with van der Waals surface area (Å²) in [6.45, 7) is 2.07. The van der Waals surface area contributed by atoms with Crippen molar-refractivity contribution in [1.82, 2.24) is 15.1 Å². The Morgan fingerprint density at radius 3 is 2.85 bits per heavy atom. The SMILES string of the molecule is CSC(C)Cc1nc(-c2ccnc(S(C)(=O)=O)c2)no1. The van der Waals surface area contributed by atoms with Crippen LogP contribution in [0.2, 0.25) is 0 Å². The first-order valence-corrected chi connectivity index (χ1v) is 9.10. The minimum Gasteiger partial charge on any atom is -0.339 e. The Balaban J connectivity index is 2.29. The van der Waals surface area contributed by atoms with Crippen LogP contribution in [0.4, 0.5) is 0 Å². The van der Waals surface area contributed by atoms with Crippen molar-refractivity contribution >= 4 is 21.6 Å². The van der Waals surface area contributed by atoms with Crippen LogP contribution in [0.5, 0.6) is 0 Å². The minimum absolute atomic E-state index is 0.00108. The predicted molar refractivity (Wildman–Crippen MR) is 77.3 cm³/mol. The van der Waals surface area contributed by atoms with E-state index in [0.29, 0.717) is 28.9 Å². The Labute approximate surface area is 121 Å². The highest BCUT2D eigenvalue weighted by molar-refractivity contribution is 7.99. The van der Waals surface area contributed by atoms with Crippen molar-refractivity contribution in [3.05, 3.63) is 24.2 Å². The molecule has 0 saturated carbocycles. The quantitative estimate of drug-likeness (QED) is 0.832. The fraction of sp³-hybridized carbons (Fsp3) is 0.417. The summed E-state index contributed by atoms with van der Waals surface area (Å²) in [5.74, 6) is 0.917. The van der Waals surface area contributed by atoms with Crippen molar-refractivity contribution in [2.24, 2.45) is 0 Å². The van der Waals surface area contributed by atoms with Crippen molar-refractivity contribution in [1.29, 1.82) is 0 Å². The zero-order valence-electron chi connectivity index (χ0n) is 11.4. The summed E-state index contributed by atoms with van der Waals surface area (Å²) in [5, 5.41) is 4.26. The van der Waals surface area contributed by atoms with Gasteiger partial charge in [-0.3, -0.25) is 0 Å². The Morgan fingerprint density at radius 2 is 2.20 bits per heavy atom. The summed E-state index contributed by atoms with van der Waals surface area (Å²) in [6, 6.07) is 3.10. The Bertz CT molecular complexity index is 697. The van der Waals surface area contributed by atoms with Gasteiger partial charge in [0.1, 0.15) is 0 Å². The molecule has 0 aliphatic rings. The lowest BCUT2D eigenvalue weighted by Crippen LogP contribution is -2.01. The van der Waals surface area contributed by atoms with E-state index in [4.69, 9.17) is 4.52 Å². The summed E-state index contributed by atoms with van der Waals surface area (Å²) >= 11 is 1.71. The van der Waals surface area contributed by atoms with E-state index < -0.39 is 9.84 Å². The number of sulfone groups is 1. The smallest absolute Gasteiger partial charge is 0.228 e. The molecule has 0 spiro atoms. The third kappa shape index (κ3) is 3.57. The molecular formula is C12H15N3O3S2. The monoisotopic (exact) mass is 313 g/mol. The van der Waals surface area contributed by atoms with E-state index in [0.717, 1.165) is 6.26 Å². The minimum atomic E-state index is -3.35. The maximum atomic E-state index is 11.5. The van der Waals surface area contributed by atoms with Crippen LogP contribution in [0.15, 0.2) is 27.9 Å². The van der Waals surface area contributed by atoms with E-state index in [1.807, 2.05) is 6.26 Å². The molecule has 0 aliphatic carbocycles. The highest BCUT2D eigenvalue weighted by atomic mass is 32.2. The third-order valence-electron chi connectivity index (χ3n) is 2.71. The standard InChI is InChI=1S/C12H15N3O3S2/c1-8(19-2)6-10-14-12(15-18-10)9-4-5-13-11(7-9)20(3,16)17/h4-5,7-8H,6H2,1-3H3. The van der Waals surface area contributed by atoms with Crippen LogP contribution in [-0.4, -0.2) is 41.3 Å². The van der Waals surface area contributed by atoms with E-state index in [2.05, 4.69) is 22.0 Å². The maximum absolute atomic E-state index is 11.5. The van der Waals surface area contributed by atoms with Crippen LogP contribution in [-0.2, 0) is 16.3 Å². The molecule has 108 valence electrons. The van der Waals surface area contributed by atoms with Gasteiger partial charge in [-0.2, -0.15) is 16.7 Å². The summed E-state index contributed by atoms with van der Waals surface area (Å²) in [6.07, 6.45) is 5.23. The first kappa shape index (κ1) is 15.0. The Morgan fingerprint density at radius 1 is 1.45 bits per heavy atom. The average molecular weight is 313 g/mol. The Hall–Kier alpha value is -1.41. The van der Waals surface area contributed by atoms with Crippen molar-refractivity contribution in [2.45, 2.75) is 23.6 Å². The molecule has 1 atom stereocenters. The molecule has 0 amide bonds. The molecule has 6 nitrogen and oxygen atoms in total. The van der Waals surface area contributed by atoms with Crippen molar-refractivity contribution in [3.63, 3.8) is 0 Å². The maximum Gasteiger partial charge on any atom is 0.228 e. The van der Waals surface area contributed by atoms with Gasteiger partial charge in [-0.05, 0) is 18.4 Å². The molecule has 2 aromatic rings. The molecule has 0 saturated heterocycles. The fourth-order valence-corrected chi connectivity index (χ4v) is 2.44. The second-order valence-electron chi connectivity index (χ2n) is 4.42. The van der Waals surface area contributed by atoms with Gasteiger partial charge in [0.05, 0.1) is 0 Å². The van der Waals surface area contributed by atoms with Crippen molar-refractivity contribution in [3.8, 4) is 11.4 Å². The first-order chi connectivity index (χ1) is 9.40. The van der Waals surface area contributed by atoms with Crippen LogP contribution in [0.3, 0.4) is 0 Å². The number of thioether (sulfide) groups is 1. The van der Waals surface area contributed by atoms with Gasteiger partial charge < -0.3 is 4.52 Å².